The Morgan fingerprint density at radius 3 is 2.89 bits per heavy atom. The number of hydrogen-bond acceptors (Lipinski definition) is 4. The van der Waals surface area contributed by atoms with Gasteiger partial charge in [0, 0.05) is 12.1 Å². The first kappa shape index (κ1) is 15.7. The number of nitrogens with one attached hydrogen (secondary N) is 1. The lowest BCUT2D eigenvalue weighted by atomic mass is 9.94. The van der Waals surface area contributed by atoms with Crippen molar-refractivity contribution in [2.75, 3.05) is 11.9 Å². The van der Waals surface area contributed by atoms with E-state index in [2.05, 4.69) is 17.0 Å². The molecule has 0 saturated heterocycles. The van der Waals surface area contributed by atoms with E-state index in [0.29, 0.717) is 18.7 Å². The van der Waals surface area contributed by atoms with E-state index in [1.165, 1.54) is 10.9 Å². The van der Waals surface area contributed by atoms with E-state index in [9.17, 15) is 4.79 Å². The minimum atomic E-state index is -0.353. The van der Waals surface area contributed by atoms with Crippen LogP contribution < -0.4 is 10.9 Å². The Morgan fingerprint density at radius 1 is 1.68 bits per heavy atom. The second kappa shape index (κ2) is 6.73. The van der Waals surface area contributed by atoms with E-state index in [0.717, 1.165) is 6.42 Å². The van der Waals surface area contributed by atoms with Crippen LogP contribution in [0.3, 0.4) is 0 Å². The van der Waals surface area contributed by atoms with Gasteiger partial charge in [-0.3, -0.25) is 4.79 Å². The minimum absolute atomic E-state index is 0.0654. The molecule has 0 bridgehead atoms. The lowest BCUT2D eigenvalue weighted by molar-refractivity contribution is 0.252. The Kier molecular flexibility index (Phi) is 5.57. The number of rotatable bonds is 7. The predicted octanol–water partition coefficient (Wildman–Crippen LogP) is 2.05. The lowest BCUT2D eigenvalue weighted by Crippen LogP contribution is -2.36. The molecule has 0 radical (unpaired) electrons. The molecule has 1 rings (SSSR count). The molecule has 106 valence electrons. The van der Waals surface area contributed by atoms with Gasteiger partial charge in [-0.2, -0.15) is 5.10 Å². The molecule has 0 aliphatic carbocycles. The highest BCUT2D eigenvalue weighted by molar-refractivity contribution is 6.32. The Morgan fingerprint density at radius 2 is 2.37 bits per heavy atom. The molecule has 6 heteroatoms. The summed E-state index contributed by atoms with van der Waals surface area (Å²) in [6.45, 7) is 7.92. The number of hydrogen-bond donors (Lipinski definition) is 2. The Labute approximate surface area is 117 Å². The summed E-state index contributed by atoms with van der Waals surface area (Å²) in [5, 5.41) is 16.4. The average molecular weight is 286 g/mol. The molecule has 2 N–H and O–H groups in total. The fraction of sp³-hybridized carbons (Fsp3) is 0.538. The van der Waals surface area contributed by atoms with Gasteiger partial charge in [0.1, 0.15) is 5.02 Å². The van der Waals surface area contributed by atoms with Gasteiger partial charge in [0.25, 0.3) is 5.56 Å². The van der Waals surface area contributed by atoms with E-state index >= 15 is 0 Å². The maximum atomic E-state index is 11.9. The van der Waals surface area contributed by atoms with Crippen LogP contribution in [-0.2, 0) is 6.54 Å². The molecular weight excluding hydrogens is 266 g/mol. The van der Waals surface area contributed by atoms with Gasteiger partial charge in [-0.25, -0.2) is 4.68 Å². The van der Waals surface area contributed by atoms with E-state index < -0.39 is 0 Å². The first-order chi connectivity index (χ1) is 8.97. The largest absolute Gasteiger partial charge is 0.396 e. The first-order valence-corrected chi connectivity index (χ1v) is 6.60. The predicted molar refractivity (Wildman–Crippen MR) is 77.7 cm³/mol. The zero-order chi connectivity index (χ0) is 14.5. The van der Waals surface area contributed by atoms with Gasteiger partial charge in [-0.15, -0.1) is 6.58 Å². The standard InChI is InChI=1S/C13H20ClN3O2/c1-4-7-17-12(19)11(14)10(9-15-17)16-13(3,5-2)6-8-18/h4,9,16,18H,1,5-8H2,2-3H3. The van der Waals surface area contributed by atoms with Crippen LogP contribution in [0.2, 0.25) is 5.02 Å². The normalized spacial score (nSPS) is 13.9. The number of nitrogens with zero attached hydrogens (tertiary/aromatic N) is 2. The fourth-order valence-electron chi connectivity index (χ4n) is 1.70. The third-order valence-electron chi connectivity index (χ3n) is 3.17. The third kappa shape index (κ3) is 3.81. The van der Waals surface area contributed by atoms with Crippen molar-refractivity contribution in [1.82, 2.24) is 9.78 Å². The second-order valence-corrected chi connectivity index (χ2v) is 5.04. The van der Waals surface area contributed by atoms with Crippen LogP contribution in [0.4, 0.5) is 5.69 Å². The van der Waals surface area contributed by atoms with Gasteiger partial charge in [0.05, 0.1) is 18.4 Å². The molecule has 0 saturated carbocycles. The summed E-state index contributed by atoms with van der Waals surface area (Å²) in [7, 11) is 0. The molecule has 0 spiro atoms. The molecule has 5 nitrogen and oxygen atoms in total. The number of halogens is 1. The van der Waals surface area contributed by atoms with Gasteiger partial charge in [0.2, 0.25) is 0 Å². The van der Waals surface area contributed by atoms with Gasteiger partial charge in [-0.1, -0.05) is 24.6 Å². The van der Waals surface area contributed by atoms with E-state index in [4.69, 9.17) is 16.7 Å². The molecule has 1 heterocycles. The van der Waals surface area contributed by atoms with Gasteiger partial charge in [0.15, 0.2) is 0 Å². The molecule has 0 fully saturated rings. The maximum absolute atomic E-state index is 11.9. The minimum Gasteiger partial charge on any atom is -0.396 e. The van der Waals surface area contributed by atoms with Crippen molar-refractivity contribution in [2.24, 2.45) is 0 Å². The molecule has 1 aromatic rings. The van der Waals surface area contributed by atoms with Crippen molar-refractivity contribution < 1.29 is 5.11 Å². The maximum Gasteiger partial charge on any atom is 0.287 e. The number of aromatic nitrogens is 2. The fourth-order valence-corrected chi connectivity index (χ4v) is 1.90. The van der Waals surface area contributed by atoms with Gasteiger partial charge < -0.3 is 10.4 Å². The van der Waals surface area contributed by atoms with Crippen molar-refractivity contribution in [1.29, 1.82) is 0 Å². The Balaban J connectivity index is 3.06. The van der Waals surface area contributed by atoms with Crippen molar-refractivity contribution in [3.05, 3.63) is 34.2 Å². The average Bonchev–Trinajstić information content (AvgIpc) is 2.39. The molecule has 19 heavy (non-hydrogen) atoms. The summed E-state index contributed by atoms with van der Waals surface area (Å²) in [6.07, 6.45) is 4.47. The highest BCUT2D eigenvalue weighted by Gasteiger charge is 2.23. The van der Waals surface area contributed by atoms with E-state index in [1.807, 2.05) is 13.8 Å². The molecule has 1 atom stereocenters. The topological polar surface area (TPSA) is 67.2 Å². The Hall–Kier alpha value is -1.33. The van der Waals surface area contributed by atoms with Crippen molar-refractivity contribution in [3.63, 3.8) is 0 Å². The van der Waals surface area contributed by atoms with Crippen LogP contribution in [0.25, 0.3) is 0 Å². The van der Waals surface area contributed by atoms with E-state index in [-0.39, 0.29) is 22.7 Å². The highest BCUT2D eigenvalue weighted by Crippen LogP contribution is 2.24. The molecule has 1 unspecified atom stereocenters. The molecule has 0 amide bonds. The molecule has 0 aromatic carbocycles. The van der Waals surface area contributed by atoms with Gasteiger partial charge >= 0.3 is 0 Å². The second-order valence-electron chi connectivity index (χ2n) is 4.66. The monoisotopic (exact) mass is 285 g/mol. The van der Waals surface area contributed by atoms with Crippen molar-refractivity contribution in [3.8, 4) is 0 Å². The quantitative estimate of drug-likeness (QED) is 0.753. The first-order valence-electron chi connectivity index (χ1n) is 6.23. The SMILES string of the molecule is C=CCn1ncc(NC(C)(CC)CCO)c(Cl)c1=O. The van der Waals surface area contributed by atoms with Crippen LogP contribution in [0.5, 0.6) is 0 Å². The zero-order valence-electron chi connectivity index (χ0n) is 11.3. The highest BCUT2D eigenvalue weighted by atomic mass is 35.5. The van der Waals surface area contributed by atoms with Crippen LogP contribution in [-0.4, -0.2) is 27.0 Å². The molecule has 0 aliphatic rings. The third-order valence-corrected chi connectivity index (χ3v) is 3.53. The van der Waals surface area contributed by atoms with Crippen LogP contribution in [0.1, 0.15) is 26.7 Å². The number of anilines is 1. The van der Waals surface area contributed by atoms with E-state index in [1.54, 1.807) is 6.08 Å². The summed E-state index contributed by atoms with van der Waals surface area (Å²) >= 11 is 6.06. The Bertz CT molecular complexity index is 501. The van der Waals surface area contributed by atoms with Crippen molar-refractivity contribution in [2.45, 2.75) is 38.8 Å². The summed E-state index contributed by atoms with van der Waals surface area (Å²) in [4.78, 5) is 11.9. The van der Waals surface area contributed by atoms with Gasteiger partial charge in [-0.05, 0) is 19.8 Å². The number of allylic oxidation sites excluding steroid dienone is 1. The van der Waals surface area contributed by atoms with Crippen LogP contribution in [0, 0.1) is 0 Å². The lowest BCUT2D eigenvalue weighted by Gasteiger charge is -2.30. The molecule has 0 aliphatic heterocycles. The molecular formula is C13H20ClN3O2. The number of aliphatic hydroxyl groups excluding tert-OH is 1. The number of aliphatic hydroxyl groups is 1. The van der Waals surface area contributed by atoms with Crippen LogP contribution in [0.15, 0.2) is 23.6 Å². The summed E-state index contributed by atoms with van der Waals surface area (Å²) in [5.74, 6) is 0. The summed E-state index contributed by atoms with van der Waals surface area (Å²) in [6, 6.07) is 0. The summed E-state index contributed by atoms with van der Waals surface area (Å²) in [5.41, 5.74) is -0.185. The van der Waals surface area contributed by atoms with Crippen molar-refractivity contribution >= 4 is 17.3 Å². The smallest absolute Gasteiger partial charge is 0.287 e. The molecule has 1 aromatic heterocycles. The van der Waals surface area contributed by atoms with Crippen LogP contribution >= 0.6 is 11.6 Å². The summed E-state index contributed by atoms with van der Waals surface area (Å²) < 4.78 is 1.25. The zero-order valence-corrected chi connectivity index (χ0v) is 12.1.